The van der Waals surface area contributed by atoms with Crippen LogP contribution in [0.5, 0.6) is 0 Å². The second-order valence-corrected chi connectivity index (χ2v) is 5.74. The van der Waals surface area contributed by atoms with E-state index >= 15 is 0 Å². The number of hydrogen-bond donors (Lipinski definition) is 0. The third kappa shape index (κ3) is 3.48. The summed E-state index contributed by atoms with van der Waals surface area (Å²) in [6, 6.07) is 8.49. The van der Waals surface area contributed by atoms with Crippen molar-refractivity contribution in [1.82, 2.24) is 0 Å². The van der Waals surface area contributed by atoms with Gasteiger partial charge in [0.25, 0.3) is 0 Å². The third-order valence-electron chi connectivity index (χ3n) is 2.98. The van der Waals surface area contributed by atoms with Crippen molar-refractivity contribution in [2.45, 2.75) is 47.0 Å². The smallest absolute Gasteiger partial charge is 0.130 e. The molecule has 0 fully saturated rings. The highest BCUT2D eigenvalue weighted by atomic mass is 16.1. The summed E-state index contributed by atoms with van der Waals surface area (Å²) in [7, 11) is 0. The van der Waals surface area contributed by atoms with Crippen LogP contribution < -0.4 is 0 Å². The van der Waals surface area contributed by atoms with Crippen LogP contribution in [0.2, 0.25) is 0 Å². The zero-order valence-electron chi connectivity index (χ0n) is 11.0. The Hall–Kier alpha value is -1.11. The molecule has 0 bridgehead atoms. The average molecular weight is 218 g/mol. The van der Waals surface area contributed by atoms with Crippen molar-refractivity contribution in [2.24, 2.45) is 5.41 Å². The second-order valence-electron chi connectivity index (χ2n) is 5.74. The molecule has 0 amide bonds. The fourth-order valence-electron chi connectivity index (χ4n) is 2.10. The molecule has 0 saturated carbocycles. The van der Waals surface area contributed by atoms with Gasteiger partial charge in [-0.3, -0.25) is 0 Å². The van der Waals surface area contributed by atoms with Gasteiger partial charge in [-0.15, -0.1) is 0 Å². The zero-order valence-corrected chi connectivity index (χ0v) is 11.0. The Bertz CT molecular complexity index is 371. The first-order chi connectivity index (χ1) is 7.30. The molecule has 16 heavy (non-hydrogen) atoms. The van der Waals surface area contributed by atoms with E-state index in [9.17, 15) is 4.79 Å². The number of benzene rings is 1. The van der Waals surface area contributed by atoms with Gasteiger partial charge in [0.1, 0.15) is 5.78 Å². The van der Waals surface area contributed by atoms with Gasteiger partial charge in [-0.25, -0.2) is 0 Å². The predicted octanol–water partition coefficient (Wildman–Crippen LogP) is 4.10. The van der Waals surface area contributed by atoms with Gasteiger partial charge < -0.3 is 4.79 Å². The molecule has 0 heterocycles. The topological polar surface area (TPSA) is 17.1 Å². The Morgan fingerprint density at radius 1 is 1.31 bits per heavy atom. The molecule has 88 valence electrons. The monoisotopic (exact) mass is 218 g/mol. The van der Waals surface area contributed by atoms with Gasteiger partial charge >= 0.3 is 0 Å². The molecule has 1 nitrogen and oxygen atoms in total. The number of ketones is 1. The Labute approximate surface area is 98.9 Å². The summed E-state index contributed by atoms with van der Waals surface area (Å²) in [5.41, 5.74) is 2.66. The lowest BCUT2D eigenvalue weighted by molar-refractivity contribution is -0.117. The van der Waals surface area contributed by atoms with E-state index in [1.54, 1.807) is 6.92 Å². The van der Waals surface area contributed by atoms with E-state index in [2.05, 4.69) is 52.0 Å². The quantitative estimate of drug-likeness (QED) is 0.746. The number of aryl methyl sites for hydroxylation is 1. The molecule has 0 aliphatic rings. The van der Waals surface area contributed by atoms with Crippen LogP contribution in [-0.2, 0) is 4.79 Å². The predicted molar refractivity (Wildman–Crippen MR) is 68.7 cm³/mol. The fourth-order valence-corrected chi connectivity index (χ4v) is 2.10. The standard InChI is InChI=1S/C15H22O/c1-11-7-6-8-13(9-11)14(10-12(2)16)15(3,4)5/h6-9,14H,10H2,1-5H3/t14-/m0/s1. The molecule has 0 aromatic heterocycles. The molecule has 1 aromatic carbocycles. The molecule has 0 unspecified atom stereocenters. The molecule has 0 aliphatic carbocycles. The molecule has 1 rings (SSSR count). The molecule has 0 radical (unpaired) electrons. The molecule has 0 spiro atoms. The van der Waals surface area contributed by atoms with Crippen molar-refractivity contribution >= 4 is 5.78 Å². The van der Waals surface area contributed by atoms with E-state index in [0.717, 1.165) is 0 Å². The summed E-state index contributed by atoms with van der Waals surface area (Å²) in [5.74, 6) is 0.575. The van der Waals surface area contributed by atoms with Gasteiger partial charge in [0.15, 0.2) is 0 Å². The normalized spacial score (nSPS) is 13.6. The maximum atomic E-state index is 11.4. The van der Waals surface area contributed by atoms with Crippen LogP contribution in [0.1, 0.15) is 51.2 Å². The van der Waals surface area contributed by atoms with Crippen molar-refractivity contribution < 1.29 is 4.79 Å². The molecule has 1 aromatic rings. The largest absolute Gasteiger partial charge is 0.300 e. The minimum absolute atomic E-state index is 0.124. The minimum atomic E-state index is 0.124. The van der Waals surface area contributed by atoms with Crippen LogP contribution in [0.25, 0.3) is 0 Å². The van der Waals surface area contributed by atoms with Crippen molar-refractivity contribution in [2.75, 3.05) is 0 Å². The molecular weight excluding hydrogens is 196 g/mol. The zero-order chi connectivity index (χ0) is 12.3. The lowest BCUT2D eigenvalue weighted by Crippen LogP contribution is -2.20. The highest BCUT2D eigenvalue weighted by Crippen LogP contribution is 2.37. The Balaban J connectivity index is 3.06. The summed E-state index contributed by atoms with van der Waals surface area (Å²) >= 11 is 0. The molecule has 0 saturated heterocycles. The Morgan fingerprint density at radius 2 is 1.94 bits per heavy atom. The molecule has 1 heteroatoms. The van der Waals surface area contributed by atoms with Crippen LogP contribution in [0.15, 0.2) is 24.3 Å². The first-order valence-electron chi connectivity index (χ1n) is 5.86. The van der Waals surface area contributed by atoms with Gasteiger partial charge in [-0.2, -0.15) is 0 Å². The maximum Gasteiger partial charge on any atom is 0.130 e. The summed E-state index contributed by atoms with van der Waals surface area (Å²) in [6.45, 7) is 10.4. The number of carbonyl (C=O) groups excluding carboxylic acids is 1. The molecule has 1 atom stereocenters. The number of carbonyl (C=O) groups is 1. The van der Waals surface area contributed by atoms with Crippen LogP contribution in [0.3, 0.4) is 0 Å². The van der Waals surface area contributed by atoms with Crippen molar-refractivity contribution in [3.8, 4) is 0 Å². The first-order valence-corrected chi connectivity index (χ1v) is 5.86. The molecule has 0 aliphatic heterocycles. The maximum absolute atomic E-state index is 11.4. The highest BCUT2D eigenvalue weighted by Gasteiger charge is 2.27. The van der Waals surface area contributed by atoms with Gasteiger partial charge in [0.2, 0.25) is 0 Å². The summed E-state index contributed by atoms with van der Waals surface area (Å²) in [5, 5.41) is 0. The number of hydrogen-bond acceptors (Lipinski definition) is 1. The van der Waals surface area contributed by atoms with Gasteiger partial charge in [-0.1, -0.05) is 50.6 Å². The molecule has 0 N–H and O–H groups in total. The number of Topliss-reactive ketones (excluding diaryl/α,β-unsaturated/α-hetero) is 1. The second kappa shape index (κ2) is 4.82. The third-order valence-corrected chi connectivity index (χ3v) is 2.98. The van der Waals surface area contributed by atoms with Crippen LogP contribution in [0, 0.1) is 12.3 Å². The van der Waals surface area contributed by atoms with E-state index < -0.39 is 0 Å². The number of rotatable bonds is 3. The fraction of sp³-hybridized carbons (Fsp3) is 0.533. The van der Waals surface area contributed by atoms with E-state index in [-0.39, 0.29) is 11.2 Å². The lowest BCUT2D eigenvalue weighted by atomic mass is 9.74. The van der Waals surface area contributed by atoms with Gasteiger partial charge in [0.05, 0.1) is 0 Å². The van der Waals surface area contributed by atoms with E-state index in [1.807, 2.05) is 0 Å². The van der Waals surface area contributed by atoms with E-state index in [1.165, 1.54) is 11.1 Å². The minimum Gasteiger partial charge on any atom is -0.300 e. The Morgan fingerprint density at radius 3 is 2.38 bits per heavy atom. The van der Waals surface area contributed by atoms with Crippen LogP contribution in [0.4, 0.5) is 0 Å². The van der Waals surface area contributed by atoms with Crippen molar-refractivity contribution in [1.29, 1.82) is 0 Å². The lowest BCUT2D eigenvalue weighted by Gasteiger charge is -2.30. The Kier molecular flexibility index (Phi) is 3.90. The average Bonchev–Trinajstić information content (AvgIpc) is 2.12. The van der Waals surface area contributed by atoms with E-state index in [0.29, 0.717) is 12.3 Å². The van der Waals surface area contributed by atoms with Crippen LogP contribution >= 0.6 is 0 Å². The van der Waals surface area contributed by atoms with E-state index in [4.69, 9.17) is 0 Å². The summed E-state index contributed by atoms with van der Waals surface area (Å²) in [6.07, 6.45) is 0.632. The van der Waals surface area contributed by atoms with Crippen LogP contribution in [-0.4, -0.2) is 5.78 Å². The summed E-state index contributed by atoms with van der Waals surface area (Å²) < 4.78 is 0. The highest BCUT2D eigenvalue weighted by molar-refractivity contribution is 5.76. The first kappa shape index (κ1) is 13.0. The molecular formula is C15H22O. The van der Waals surface area contributed by atoms with Gasteiger partial charge in [-0.05, 0) is 30.7 Å². The SMILES string of the molecule is CC(=O)C[C@@H](c1cccc(C)c1)C(C)(C)C. The van der Waals surface area contributed by atoms with Crippen molar-refractivity contribution in [3.63, 3.8) is 0 Å². The van der Waals surface area contributed by atoms with Crippen molar-refractivity contribution in [3.05, 3.63) is 35.4 Å². The van der Waals surface area contributed by atoms with Gasteiger partial charge in [0, 0.05) is 6.42 Å². The summed E-state index contributed by atoms with van der Waals surface area (Å²) in [4.78, 5) is 11.4.